The minimum Gasteiger partial charge on any atom is -0.508 e. The number of nitrogens with one attached hydrogen (secondary N) is 1. The van der Waals surface area contributed by atoms with Crippen LogP contribution in [0.5, 0.6) is 5.75 Å². The molecule has 26 heavy (non-hydrogen) atoms. The van der Waals surface area contributed by atoms with Crippen molar-refractivity contribution < 1.29 is 19.1 Å². The Bertz CT molecular complexity index is 876. The van der Waals surface area contributed by atoms with Gasteiger partial charge in [0.1, 0.15) is 11.6 Å². The molecule has 0 saturated heterocycles. The first-order valence-corrected chi connectivity index (χ1v) is 8.28. The lowest BCUT2D eigenvalue weighted by Crippen LogP contribution is -2.26. The molecule has 0 aliphatic rings. The number of amides is 2. The van der Waals surface area contributed by atoms with Gasteiger partial charge in [0.05, 0.1) is 12.1 Å². The Morgan fingerprint density at radius 2 is 1.88 bits per heavy atom. The van der Waals surface area contributed by atoms with Crippen LogP contribution in [0.2, 0.25) is 5.02 Å². The number of hydrogen-bond donors (Lipinski definition) is 3. The van der Waals surface area contributed by atoms with Gasteiger partial charge in [-0.25, -0.2) is 4.39 Å². The van der Waals surface area contributed by atoms with Gasteiger partial charge in [0.2, 0.25) is 11.8 Å². The SMILES string of the molecule is CC(C)(C)c1c(C(N)=O)ccc(F)c1NC(=O)Cc1cc(Cl)ccc1O. The highest BCUT2D eigenvalue weighted by Crippen LogP contribution is 2.35. The van der Waals surface area contributed by atoms with Crippen LogP contribution in [0.4, 0.5) is 10.1 Å². The number of aromatic hydroxyl groups is 1. The number of phenols is 1. The summed E-state index contributed by atoms with van der Waals surface area (Å²) >= 11 is 5.87. The van der Waals surface area contributed by atoms with Crippen molar-refractivity contribution in [2.75, 3.05) is 5.32 Å². The van der Waals surface area contributed by atoms with E-state index in [9.17, 15) is 19.1 Å². The molecule has 0 atom stereocenters. The third-order valence-corrected chi connectivity index (χ3v) is 4.06. The van der Waals surface area contributed by atoms with Crippen LogP contribution >= 0.6 is 11.6 Å². The van der Waals surface area contributed by atoms with Gasteiger partial charge in [-0.3, -0.25) is 9.59 Å². The summed E-state index contributed by atoms with van der Waals surface area (Å²) < 4.78 is 14.4. The Kier molecular flexibility index (Phi) is 5.56. The zero-order valence-corrected chi connectivity index (χ0v) is 15.4. The van der Waals surface area contributed by atoms with E-state index in [0.717, 1.165) is 6.07 Å². The highest BCUT2D eigenvalue weighted by Gasteiger charge is 2.27. The second-order valence-corrected chi connectivity index (χ2v) is 7.39. The smallest absolute Gasteiger partial charge is 0.249 e. The van der Waals surface area contributed by atoms with Gasteiger partial charge in [-0.15, -0.1) is 0 Å². The summed E-state index contributed by atoms with van der Waals surface area (Å²) in [6.07, 6.45) is -0.212. The second-order valence-electron chi connectivity index (χ2n) is 6.96. The van der Waals surface area contributed by atoms with Gasteiger partial charge < -0.3 is 16.2 Å². The van der Waals surface area contributed by atoms with Crippen molar-refractivity contribution >= 4 is 29.1 Å². The zero-order valence-electron chi connectivity index (χ0n) is 14.7. The van der Waals surface area contributed by atoms with Crippen molar-refractivity contribution in [1.82, 2.24) is 0 Å². The fraction of sp³-hybridized carbons (Fsp3) is 0.263. The summed E-state index contributed by atoms with van der Waals surface area (Å²) in [6, 6.07) is 6.71. The predicted molar refractivity (Wildman–Crippen MR) is 99.1 cm³/mol. The molecule has 138 valence electrons. The molecule has 0 saturated carbocycles. The van der Waals surface area contributed by atoms with Crippen LogP contribution in [-0.4, -0.2) is 16.9 Å². The number of anilines is 1. The standard InChI is InChI=1S/C19H20ClFN2O3/c1-19(2,3)16-12(18(22)26)5-6-13(21)17(16)23-15(25)9-10-8-11(20)4-7-14(10)24/h4-8,24H,9H2,1-3H3,(H2,22,26)(H,23,25). The maximum absolute atomic E-state index is 14.4. The Morgan fingerprint density at radius 1 is 1.23 bits per heavy atom. The maximum Gasteiger partial charge on any atom is 0.249 e. The molecule has 0 radical (unpaired) electrons. The summed E-state index contributed by atoms with van der Waals surface area (Å²) in [4.78, 5) is 24.1. The number of rotatable bonds is 4. The zero-order chi connectivity index (χ0) is 19.6. The van der Waals surface area contributed by atoms with Crippen molar-refractivity contribution in [2.45, 2.75) is 32.6 Å². The number of carbonyl (C=O) groups is 2. The molecule has 2 aromatic rings. The van der Waals surface area contributed by atoms with Crippen LogP contribution in [0.15, 0.2) is 30.3 Å². The van der Waals surface area contributed by atoms with Crippen LogP contribution in [0.1, 0.15) is 42.3 Å². The van der Waals surface area contributed by atoms with E-state index in [1.165, 1.54) is 24.3 Å². The van der Waals surface area contributed by atoms with Gasteiger partial charge in [0, 0.05) is 16.1 Å². The molecule has 0 unspecified atom stereocenters. The van der Waals surface area contributed by atoms with E-state index in [-0.39, 0.29) is 23.4 Å². The van der Waals surface area contributed by atoms with Crippen molar-refractivity contribution in [3.05, 3.63) is 57.9 Å². The van der Waals surface area contributed by atoms with Gasteiger partial charge in [0.15, 0.2) is 0 Å². The molecule has 0 heterocycles. The number of halogens is 2. The van der Waals surface area contributed by atoms with Crippen LogP contribution < -0.4 is 11.1 Å². The molecule has 2 aromatic carbocycles. The summed E-state index contributed by atoms with van der Waals surface area (Å²) in [6.45, 7) is 5.35. The quantitative estimate of drug-likeness (QED) is 0.756. The topological polar surface area (TPSA) is 92.4 Å². The number of hydrogen-bond acceptors (Lipinski definition) is 3. The van der Waals surface area contributed by atoms with Gasteiger partial charge >= 0.3 is 0 Å². The summed E-state index contributed by atoms with van der Waals surface area (Å²) in [7, 11) is 0. The monoisotopic (exact) mass is 378 g/mol. The Morgan fingerprint density at radius 3 is 2.46 bits per heavy atom. The van der Waals surface area contributed by atoms with E-state index >= 15 is 0 Å². The molecule has 0 fully saturated rings. The minimum absolute atomic E-state index is 0.0908. The molecule has 0 aromatic heterocycles. The Labute approximate surface area is 156 Å². The molecule has 7 heteroatoms. The van der Waals surface area contributed by atoms with Crippen LogP contribution in [0.3, 0.4) is 0 Å². The van der Waals surface area contributed by atoms with Gasteiger partial charge in [-0.1, -0.05) is 32.4 Å². The molecule has 2 rings (SSSR count). The summed E-state index contributed by atoms with van der Waals surface area (Å²) in [5.41, 5.74) is 5.41. The summed E-state index contributed by atoms with van der Waals surface area (Å²) in [5, 5.41) is 12.7. The number of nitrogens with two attached hydrogens (primary N) is 1. The maximum atomic E-state index is 14.4. The van der Waals surface area contributed by atoms with E-state index in [1.807, 2.05) is 0 Å². The van der Waals surface area contributed by atoms with Crippen molar-refractivity contribution in [2.24, 2.45) is 5.73 Å². The third kappa shape index (κ3) is 4.32. The molecule has 4 N–H and O–H groups in total. The summed E-state index contributed by atoms with van der Waals surface area (Å²) in [5.74, 6) is -2.04. The highest BCUT2D eigenvalue weighted by atomic mass is 35.5. The van der Waals surface area contributed by atoms with Gasteiger partial charge in [-0.2, -0.15) is 0 Å². The molecule has 2 amide bonds. The molecular weight excluding hydrogens is 359 g/mol. The lowest BCUT2D eigenvalue weighted by Gasteiger charge is -2.26. The number of phenolic OH excluding ortho intramolecular Hbond substituents is 1. The lowest BCUT2D eigenvalue weighted by molar-refractivity contribution is -0.115. The molecule has 0 spiro atoms. The van der Waals surface area contributed by atoms with E-state index in [1.54, 1.807) is 20.8 Å². The molecule has 0 aliphatic carbocycles. The third-order valence-electron chi connectivity index (χ3n) is 3.83. The lowest BCUT2D eigenvalue weighted by atomic mass is 9.82. The van der Waals surface area contributed by atoms with E-state index in [2.05, 4.69) is 5.32 Å². The van der Waals surface area contributed by atoms with Crippen LogP contribution in [0.25, 0.3) is 0 Å². The number of primary amides is 1. The first-order valence-electron chi connectivity index (χ1n) is 7.90. The van der Waals surface area contributed by atoms with Crippen LogP contribution in [0, 0.1) is 5.82 Å². The fourth-order valence-corrected chi connectivity index (χ4v) is 2.93. The molecule has 0 bridgehead atoms. The number of carbonyl (C=O) groups excluding carboxylic acids is 2. The number of benzene rings is 2. The van der Waals surface area contributed by atoms with E-state index in [4.69, 9.17) is 17.3 Å². The van der Waals surface area contributed by atoms with Gasteiger partial charge in [0.25, 0.3) is 0 Å². The predicted octanol–water partition coefficient (Wildman–Crippen LogP) is 3.76. The van der Waals surface area contributed by atoms with E-state index in [0.29, 0.717) is 16.1 Å². The normalized spacial score (nSPS) is 11.3. The van der Waals surface area contributed by atoms with Crippen molar-refractivity contribution in [1.29, 1.82) is 0 Å². The van der Waals surface area contributed by atoms with Crippen LogP contribution in [-0.2, 0) is 16.6 Å². The van der Waals surface area contributed by atoms with Crippen molar-refractivity contribution in [3.63, 3.8) is 0 Å². The minimum atomic E-state index is -0.710. The van der Waals surface area contributed by atoms with Gasteiger partial charge in [-0.05, 0) is 41.3 Å². The molecule has 5 nitrogen and oxygen atoms in total. The largest absolute Gasteiger partial charge is 0.508 e. The average Bonchev–Trinajstić information content (AvgIpc) is 2.51. The Hall–Kier alpha value is -2.60. The molecule has 0 aliphatic heterocycles. The first kappa shape index (κ1) is 19.7. The molecular formula is C19H20ClFN2O3. The van der Waals surface area contributed by atoms with Crippen molar-refractivity contribution in [3.8, 4) is 5.75 Å². The Balaban J connectivity index is 2.42. The highest BCUT2D eigenvalue weighted by molar-refractivity contribution is 6.30. The first-order chi connectivity index (χ1) is 12.0. The second kappa shape index (κ2) is 7.33. The van der Waals surface area contributed by atoms with E-state index < -0.39 is 23.0 Å². The average molecular weight is 379 g/mol. The fourth-order valence-electron chi connectivity index (χ4n) is 2.74.